The second-order valence-electron chi connectivity index (χ2n) is 4.58. The van der Waals surface area contributed by atoms with Gasteiger partial charge in [-0.1, -0.05) is 19.9 Å². The van der Waals surface area contributed by atoms with E-state index >= 15 is 0 Å². The molecule has 0 bridgehead atoms. The molecule has 0 heterocycles. The Morgan fingerprint density at radius 1 is 1.38 bits per heavy atom. The molecular weight excluding hydrogens is 210 g/mol. The van der Waals surface area contributed by atoms with Crippen LogP contribution < -0.4 is 11.1 Å². The van der Waals surface area contributed by atoms with Crippen molar-refractivity contribution in [2.24, 2.45) is 11.1 Å². The molecule has 0 aliphatic carbocycles. The van der Waals surface area contributed by atoms with Crippen molar-refractivity contribution in [3.05, 3.63) is 35.4 Å². The van der Waals surface area contributed by atoms with Crippen LogP contribution in [0.15, 0.2) is 18.2 Å². The minimum atomic E-state index is -0.568. The van der Waals surface area contributed by atoms with E-state index in [0.29, 0.717) is 12.1 Å². The van der Waals surface area contributed by atoms with Gasteiger partial charge in [-0.05, 0) is 25.1 Å². The Labute approximate surface area is 94.8 Å². The highest BCUT2D eigenvalue weighted by Crippen LogP contribution is 2.33. The Balaban J connectivity index is 3.14. The molecule has 2 nitrogen and oxygen atoms in total. The molecule has 0 aliphatic rings. The van der Waals surface area contributed by atoms with Gasteiger partial charge >= 0.3 is 0 Å². The molecule has 1 aromatic rings. The molecule has 0 saturated carbocycles. The molecule has 16 heavy (non-hydrogen) atoms. The van der Waals surface area contributed by atoms with Crippen molar-refractivity contribution in [3.63, 3.8) is 0 Å². The predicted molar refractivity (Wildman–Crippen MR) is 61.0 cm³/mol. The van der Waals surface area contributed by atoms with Crippen LogP contribution >= 0.6 is 0 Å². The van der Waals surface area contributed by atoms with E-state index < -0.39 is 11.6 Å². The molecule has 4 heteroatoms. The molecule has 3 N–H and O–H groups in total. The van der Waals surface area contributed by atoms with E-state index in [9.17, 15) is 8.78 Å². The number of nitrogens with two attached hydrogens (primary N) is 1. The number of nitrogens with one attached hydrogen (secondary N) is 1. The maximum atomic E-state index is 13.6. The lowest BCUT2D eigenvalue weighted by atomic mass is 9.80. The summed E-state index contributed by atoms with van der Waals surface area (Å²) in [5.74, 6) is -1.11. The summed E-state index contributed by atoms with van der Waals surface area (Å²) in [6, 6.07) is 3.38. The molecule has 1 rings (SSSR count). The molecule has 90 valence electrons. The van der Waals surface area contributed by atoms with Crippen LogP contribution in [-0.4, -0.2) is 13.6 Å². The summed E-state index contributed by atoms with van der Waals surface area (Å²) in [5, 5.41) is 3.03. The molecule has 0 fully saturated rings. The standard InChI is InChI=1S/C12H18F2N2/c1-12(2,7-15)11(16-3)9-5-4-8(13)6-10(9)14/h4-6,11,16H,7,15H2,1-3H3. The summed E-state index contributed by atoms with van der Waals surface area (Å²) in [6.07, 6.45) is 0. The Kier molecular flexibility index (Phi) is 3.99. The predicted octanol–water partition coefficient (Wildman–Crippen LogP) is 2.21. The Morgan fingerprint density at radius 3 is 2.44 bits per heavy atom. The number of hydrogen-bond donors (Lipinski definition) is 2. The number of hydrogen-bond acceptors (Lipinski definition) is 2. The molecule has 0 radical (unpaired) electrons. The van der Waals surface area contributed by atoms with Crippen molar-refractivity contribution in [3.8, 4) is 0 Å². The van der Waals surface area contributed by atoms with Crippen LogP contribution in [-0.2, 0) is 0 Å². The molecule has 0 saturated heterocycles. The first kappa shape index (κ1) is 13.1. The van der Waals surface area contributed by atoms with Gasteiger partial charge in [0.15, 0.2) is 0 Å². The summed E-state index contributed by atoms with van der Waals surface area (Å²) in [6.45, 7) is 4.29. The van der Waals surface area contributed by atoms with E-state index in [-0.39, 0.29) is 11.5 Å². The summed E-state index contributed by atoms with van der Waals surface area (Å²) < 4.78 is 26.4. The highest BCUT2D eigenvalue weighted by molar-refractivity contribution is 5.24. The van der Waals surface area contributed by atoms with Crippen LogP contribution in [0, 0.1) is 17.0 Å². The molecule has 0 aliphatic heterocycles. The average molecular weight is 228 g/mol. The van der Waals surface area contributed by atoms with E-state index in [1.54, 1.807) is 7.05 Å². The lowest BCUT2D eigenvalue weighted by Crippen LogP contribution is -2.38. The normalized spacial score (nSPS) is 13.9. The number of rotatable bonds is 4. The maximum absolute atomic E-state index is 13.6. The van der Waals surface area contributed by atoms with E-state index in [1.165, 1.54) is 12.1 Å². The van der Waals surface area contributed by atoms with Crippen molar-refractivity contribution < 1.29 is 8.78 Å². The highest BCUT2D eigenvalue weighted by Gasteiger charge is 2.30. The SMILES string of the molecule is CNC(c1ccc(F)cc1F)C(C)(C)CN. The fourth-order valence-corrected chi connectivity index (χ4v) is 1.82. The van der Waals surface area contributed by atoms with Crippen molar-refractivity contribution in [2.45, 2.75) is 19.9 Å². The van der Waals surface area contributed by atoms with Gasteiger partial charge in [-0.15, -0.1) is 0 Å². The summed E-state index contributed by atoms with van der Waals surface area (Å²) in [7, 11) is 1.74. The summed E-state index contributed by atoms with van der Waals surface area (Å²) >= 11 is 0. The number of benzene rings is 1. The largest absolute Gasteiger partial charge is 0.330 e. The van der Waals surface area contributed by atoms with Crippen LogP contribution in [0.25, 0.3) is 0 Å². The van der Waals surface area contributed by atoms with Gasteiger partial charge in [-0.2, -0.15) is 0 Å². The van der Waals surface area contributed by atoms with Crippen LogP contribution in [0.2, 0.25) is 0 Å². The fourth-order valence-electron chi connectivity index (χ4n) is 1.82. The smallest absolute Gasteiger partial charge is 0.130 e. The minimum absolute atomic E-state index is 0.238. The fraction of sp³-hybridized carbons (Fsp3) is 0.500. The van der Waals surface area contributed by atoms with Gasteiger partial charge in [0.1, 0.15) is 11.6 Å². The van der Waals surface area contributed by atoms with Gasteiger partial charge in [0, 0.05) is 17.7 Å². The summed E-state index contributed by atoms with van der Waals surface area (Å²) in [4.78, 5) is 0. The zero-order valence-electron chi connectivity index (χ0n) is 9.85. The first-order valence-corrected chi connectivity index (χ1v) is 5.24. The number of halogens is 2. The van der Waals surface area contributed by atoms with Crippen molar-refractivity contribution in [1.82, 2.24) is 5.32 Å². The minimum Gasteiger partial charge on any atom is -0.330 e. The quantitative estimate of drug-likeness (QED) is 0.829. The van der Waals surface area contributed by atoms with Gasteiger partial charge in [0.05, 0.1) is 0 Å². The van der Waals surface area contributed by atoms with Crippen LogP contribution in [0.5, 0.6) is 0 Å². The first-order valence-electron chi connectivity index (χ1n) is 5.24. The molecule has 1 atom stereocenters. The van der Waals surface area contributed by atoms with Crippen LogP contribution in [0.4, 0.5) is 8.78 Å². The van der Waals surface area contributed by atoms with Gasteiger partial charge in [0.2, 0.25) is 0 Å². The zero-order chi connectivity index (χ0) is 12.3. The second-order valence-corrected chi connectivity index (χ2v) is 4.58. The molecule has 0 amide bonds. The van der Waals surface area contributed by atoms with Gasteiger partial charge in [-0.25, -0.2) is 8.78 Å². The van der Waals surface area contributed by atoms with Crippen molar-refractivity contribution in [2.75, 3.05) is 13.6 Å². The third kappa shape index (κ3) is 2.57. The lowest BCUT2D eigenvalue weighted by Gasteiger charge is -2.33. The van der Waals surface area contributed by atoms with Crippen molar-refractivity contribution >= 4 is 0 Å². The monoisotopic (exact) mass is 228 g/mol. The van der Waals surface area contributed by atoms with Crippen LogP contribution in [0.1, 0.15) is 25.5 Å². The first-order chi connectivity index (χ1) is 7.42. The molecular formula is C12H18F2N2. The highest BCUT2D eigenvalue weighted by atomic mass is 19.1. The second kappa shape index (κ2) is 4.89. The zero-order valence-corrected chi connectivity index (χ0v) is 9.85. The Morgan fingerprint density at radius 2 is 2.00 bits per heavy atom. The lowest BCUT2D eigenvalue weighted by molar-refractivity contribution is 0.259. The maximum Gasteiger partial charge on any atom is 0.130 e. The summed E-state index contributed by atoms with van der Waals surface area (Å²) in [5.41, 5.74) is 5.81. The molecule has 0 aromatic heterocycles. The van der Waals surface area contributed by atoms with Crippen molar-refractivity contribution in [1.29, 1.82) is 0 Å². The van der Waals surface area contributed by atoms with Gasteiger partial charge in [0.25, 0.3) is 0 Å². The third-order valence-electron chi connectivity index (χ3n) is 2.87. The van der Waals surface area contributed by atoms with E-state index in [1.807, 2.05) is 13.8 Å². The van der Waals surface area contributed by atoms with Gasteiger partial charge < -0.3 is 11.1 Å². The Hall–Kier alpha value is -1.00. The van der Waals surface area contributed by atoms with E-state index in [2.05, 4.69) is 5.32 Å². The average Bonchev–Trinajstić information content (AvgIpc) is 2.22. The van der Waals surface area contributed by atoms with E-state index in [4.69, 9.17) is 5.73 Å². The van der Waals surface area contributed by atoms with Crippen LogP contribution in [0.3, 0.4) is 0 Å². The topological polar surface area (TPSA) is 38.0 Å². The Bertz CT molecular complexity index is 364. The molecule has 1 aromatic carbocycles. The van der Waals surface area contributed by atoms with Gasteiger partial charge in [-0.3, -0.25) is 0 Å². The van der Waals surface area contributed by atoms with E-state index in [0.717, 1.165) is 6.07 Å². The molecule has 1 unspecified atom stereocenters. The molecule has 0 spiro atoms. The third-order valence-corrected chi connectivity index (χ3v) is 2.87.